The Morgan fingerprint density at radius 1 is 1.00 bits per heavy atom. The molecule has 0 N–H and O–H groups in total. The maximum Gasteiger partial charge on any atom is 0.258 e. The number of aromatic nitrogens is 2. The lowest BCUT2D eigenvalue weighted by molar-refractivity contribution is 0.101. The van der Waals surface area contributed by atoms with E-state index in [0.29, 0.717) is 17.0 Å². The molecule has 1 heterocycles. The van der Waals surface area contributed by atoms with Crippen LogP contribution in [0.5, 0.6) is 0 Å². The molecule has 22 heavy (non-hydrogen) atoms. The first-order valence-electron chi connectivity index (χ1n) is 6.45. The molecule has 0 fully saturated rings. The predicted octanol–water partition coefficient (Wildman–Crippen LogP) is 3.88. The third-order valence-electron chi connectivity index (χ3n) is 3.14. The Morgan fingerprint density at radius 3 is 2.32 bits per heavy atom. The molecule has 6 heteroatoms. The molecular weight excluding hydrogens is 290 g/mol. The van der Waals surface area contributed by atoms with Crippen molar-refractivity contribution < 1.29 is 18.1 Å². The zero-order valence-electron chi connectivity index (χ0n) is 11.5. The summed E-state index contributed by atoms with van der Waals surface area (Å²) in [4.78, 5) is 15.4. The first-order valence-corrected chi connectivity index (χ1v) is 6.45. The van der Waals surface area contributed by atoms with Gasteiger partial charge in [-0.2, -0.15) is 4.98 Å². The van der Waals surface area contributed by atoms with E-state index in [1.807, 2.05) is 0 Å². The number of halogens is 2. The van der Waals surface area contributed by atoms with Crippen LogP contribution >= 0.6 is 0 Å². The van der Waals surface area contributed by atoms with Crippen molar-refractivity contribution in [2.45, 2.75) is 6.92 Å². The van der Waals surface area contributed by atoms with Crippen LogP contribution in [0.25, 0.3) is 22.8 Å². The van der Waals surface area contributed by atoms with E-state index < -0.39 is 11.6 Å². The summed E-state index contributed by atoms with van der Waals surface area (Å²) >= 11 is 0. The van der Waals surface area contributed by atoms with E-state index in [-0.39, 0.29) is 17.2 Å². The van der Waals surface area contributed by atoms with Crippen LogP contribution < -0.4 is 0 Å². The van der Waals surface area contributed by atoms with Crippen LogP contribution in [0.3, 0.4) is 0 Å². The highest BCUT2D eigenvalue weighted by molar-refractivity contribution is 5.94. The number of rotatable bonds is 3. The zero-order chi connectivity index (χ0) is 15.7. The van der Waals surface area contributed by atoms with Crippen molar-refractivity contribution in [3.05, 3.63) is 59.7 Å². The van der Waals surface area contributed by atoms with Crippen molar-refractivity contribution in [3.8, 4) is 22.8 Å². The van der Waals surface area contributed by atoms with Crippen molar-refractivity contribution in [2.75, 3.05) is 0 Å². The van der Waals surface area contributed by atoms with Crippen LogP contribution in [-0.4, -0.2) is 15.9 Å². The van der Waals surface area contributed by atoms with E-state index in [1.165, 1.54) is 13.0 Å². The van der Waals surface area contributed by atoms with Crippen LogP contribution in [0.4, 0.5) is 8.78 Å². The Morgan fingerprint density at radius 2 is 1.68 bits per heavy atom. The number of benzene rings is 2. The molecule has 4 nitrogen and oxygen atoms in total. The van der Waals surface area contributed by atoms with Gasteiger partial charge in [0.15, 0.2) is 17.4 Å². The number of hydrogen-bond acceptors (Lipinski definition) is 4. The van der Waals surface area contributed by atoms with Gasteiger partial charge < -0.3 is 4.52 Å². The average molecular weight is 300 g/mol. The lowest BCUT2D eigenvalue weighted by atomic mass is 10.1. The number of ketones is 1. The Labute approximate surface area is 124 Å². The summed E-state index contributed by atoms with van der Waals surface area (Å²) in [6, 6.07) is 10.0. The molecule has 0 amide bonds. The minimum absolute atomic E-state index is 0.0397. The molecule has 0 bridgehead atoms. The monoisotopic (exact) mass is 300 g/mol. The molecule has 0 aliphatic carbocycles. The third kappa shape index (κ3) is 2.63. The number of carbonyl (C=O) groups excluding carboxylic acids is 1. The first kappa shape index (κ1) is 14.1. The van der Waals surface area contributed by atoms with Gasteiger partial charge in [-0.3, -0.25) is 4.79 Å². The second-order valence-corrected chi connectivity index (χ2v) is 4.69. The Kier molecular flexibility index (Phi) is 3.50. The van der Waals surface area contributed by atoms with Gasteiger partial charge in [0.05, 0.1) is 0 Å². The fraction of sp³-hybridized carbons (Fsp3) is 0.0625. The molecule has 0 spiro atoms. The predicted molar refractivity (Wildman–Crippen MR) is 75.1 cm³/mol. The Hall–Kier alpha value is -2.89. The van der Waals surface area contributed by atoms with Crippen molar-refractivity contribution in [1.82, 2.24) is 10.1 Å². The van der Waals surface area contributed by atoms with Gasteiger partial charge in [0.1, 0.15) is 0 Å². The van der Waals surface area contributed by atoms with E-state index in [9.17, 15) is 13.6 Å². The van der Waals surface area contributed by atoms with Crippen LogP contribution in [0.1, 0.15) is 17.3 Å². The number of hydrogen-bond donors (Lipinski definition) is 0. The van der Waals surface area contributed by atoms with Crippen molar-refractivity contribution in [1.29, 1.82) is 0 Å². The van der Waals surface area contributed by atoms with Gasteiger partial charge in [0, 0.05) is 16.7 Å². The highest BCUT2D eigenvalue weighted by atomic mass is 19.2. The molecular formula is C16H10F2N2O2. The van der Waals surface area contributed by atoms with E-state index in [2.05, 4.69) is 10.1 Å². The molecule has 0 unspecified atom stereocenters. The van der Waals surface area contributed by atoms with Crippen molar-refractivity contribution >= 4 is 5.78 Å². The molecule has 2 aromatic carbocycles. The van der Waals surface area contributed by atoms with Crippen molar-refractivity contribution in [2.24, 2.45) is 0 Å². The van der Waals surface area contributed by atoms with Gasteiger partial charge >= 0.3 is 0 Å². The molecule has 3 aromatic rings. The summed E-state index contributed by atoms with van der Waals surface area (Å²) in [6.45, 7) is 1.48. The lowest BCUT2D eigenvalue weighted by Gasteiger charge is -1.97. The summed E-state index contributed by atoms with van der Waals surface area (Å²) in [5.74, 6) is -1.58. The highest BCUT2D eigenvalue weighted by Crippen LogP contribution is 2.23. The normalized spacial score (nSPS) is 10.7. The fourth-order valence-corrected chi connectivity index (χ4v) is 1.94. The maximum absolute atomic E-state index is 13.2. The Balaban J connectivity index is 1.93. The van der Waals surface area contributed by atoms with Gasteiger partial charge in [-0.25, -0.2) is 8.78 Å². The van der Waals surface area contributed by atoms with Crippen LogP contribution in [0.2, 0.25) is 0 Å². The smallest absolute Gasteiger partial charge is 0.258 e. The molecule has 0 aliphatic heterocycles. The number of nitrogens with zero attached hydrogens (tertiary/aromatic N) is 2. The first-order chi connectivity index (χ1) is 10.5. The number of Topliss-reactive ketones (excluding diaryl/α,β-unsaturated/α-hetero) is 1. The highest BCUT2D eigenvalue weighted by Gasteiger charge is 2.13. The minimum atomic E-state index is -0.983. The largest absolute Gasteiger partial charge is 0.334 e. The molecule has 0 saturated carbocycles. The molecule has 1 aromatic heterocycles. The van der Waals surface area contributed by atoms with E-state index in [0.717, 1.165) is 12.1 Å². The third-order valence-corrected chi connectivity index (χ3v) is 3.14. The van der Waals surface area contributed by atoms with Gasteiger partial charge in [-0.15, -0.1) is 0 Å². The van der Waals surface area contributed by atoms with Gasteiger partial charge in [-0.1, -0.05) is 29.4 Å². The summed E-state index contributed by atoms with van der Waals surface area (Å²) in [5, 5.41) is 3.80. The molecule has 0 atom stereocenters. The summed E-state index contributed by atoms with van der Waals surface area (Å²) in [7, 11) is 0. The second-order valence-electron chi connectivity index (χ2n) is 4.69. The lowest BCUT2D eigenvalue weighted by Crippen LogP contribution is -1.91. The van der Waals surface area contributed by atoms with Crippen LogP contribution in [0, 0.1) is 11.6 Å². The van der Waals surface area contributed by atoms with E-state index >= 15 is 0 Å². The van der Waals surface area contributed by atoms with E-state index in [4.69, 9.17) is 4.52 Å². The zero-order valence-corrected chi connectivity index (χ0v) is 11.5. The van der Waals surface area contributed by atoms with Crippen LogP contribution in [0.15, 0.2) is 47.0 Å². The van der Waals surface area contributed by atoms with Crippen LogP contribution in [-0.2, 0) is 0 Å². The quantitative estimate of drug-likeness (QED) is 0.689. The summed E-state index contributed by atoms with van der Waals surface area (Å²) in [6.07, 6.45) is 0. The minimum Gasteiger partial charge on any atom is -0.334 e. The molecule has 110 valence electrons. The van der Waals surface area contributed by atoms with Crippen molar-refractivity contribution in [3.63, 3.8) is 0 Å². The average Bonchev–Trinajstić information content (AvgIpc) is 3.00. The van der Waals surface area contributed by atoms with Gasteiger partial charge in [0.25, 0.3) is 5.89 Å². The van der Waals surface area contributed by atoms with Gasteiger partial charge in [-0.05, 0) is 25.1 Å². The topological polar surface area (TPSA) is 56.0 Å². The maximum atomic E-state index is 13.2. The molecule has 0 saturated heterocycles. The second kappa shape index (κ2) is 5.48. The Bertz CT molecular complexity index is 842. The van der Waals surface area contributed by atoms with E-state index in [1.54, 1.807) is 24.3 Å². The fourth-order valence-electron chi connectivity index (χ4n) is 1.94. The standard InChI is InChI=1S/C16H10F2N2O2/c1-9(21)10-2-4-11(5-3-10)15-19-16(22-20-15)12-6-7-13(17)14(18)8-12/h2-8H,1H3. The molecule has 0 radical (unpaired) electrons. The summed E-state index contributed by atoms with van der Waals surface area (Å²) in [5.41, 5.74) is 1.52. The molecule has 3 rings (SSSR count). The summed E-state index contributed by atoms with van der Waals surface area (Å²) < 4.78 is 31.2. The van der Waals surface area contributed by atoms with Gasteiger partial charge in [0.2, 0.25) is 5.82 Å². The molecule has 0 aliphatic rings. The SMILES string of the molecule is CC(=O)c1ccc(-c2noc(-c3ccc(F)c(F)c3)n2)cc1. The number of carbonyl (C=O) groups is 1.